The van der Waals surface area contributed by atoms with Crippen LogP contribution >= 0.6 is 23.1 Å². The lowest BCUT2D eigenvalue weighted by Crippen LogP contribution is -2.21. The monoisotopic (exact) mass is 407 g/mol. The fourth-order valence-electron chi connectivity index (χ4n) is 2.61. The minimum Gasteiger partial charge on any atom is -0.347 e. The summed E-state index contributed by atoms with van der Waals surface area (Å²) in [4.78, 5) is 19.5. The lowest BCUT2D eigenvalue weighted by atomic mass is 10.2. The summed E-state index contributed by atoms with van der Waals surface area (Å²) in [6, 6.07) is 21.4. The van der Waals surface area contributed by atoms with E-state index in [0.717, 1.165) is 16.0 Å². The van der Waals surface area contributed by atoms with E-state index in [4.69, 9.17) is 4.52 Å². The second-order valence-electron chi connectivity index (χ2n) is 5.98. The van der Waals surface area contributed by atoms with Crippen molar-refractivity contribution in [1.29, 1.82) is 0 Å². The zero-order valence-corrected chi connectivity index (χ0v) is 16.7. The predicted molar refractivity (Wildman–Crippen MR) is 112 cm³/mol. The summed E-state index contributed by atoms with van der Waals surface area (Å²) in [5, 5.41) is 6.98. The van der Waals surface area contributed by atoms with Gasteiger partial charge < -0.3 is 9.84 Å². The maximum Gasteiger partial charge on any atom is 0.261 e. The van der Waals surface area contributed by atoms with Crippen LogP contribution in [0.15, 0.2) is 76.1 Å². The molecule has 0 aliphatic rings. The van der Waals surface area contributed by atoms with Gasteiger partial charge >= 0.3 is 0 Å². The molecule has 1 amide bonds. The van der Waals surface area contributed by atoms with Gasteiger partial charge in [-0.3, -0.25) is 4.79 Å². The van der Waals surface area contributed by atoms with Gasteiger partial charge in [0.25, 0.3) is 11.8 Å². The first-order chi connectivity index (χ1) is 13.7. The van der Waals surface area contributed by atoms with Gasteiger partial charge in [-0.05, 0) is 48.2 Å². The molecule has 0 atom stereocenters. The van der Waals surface area contributed by atoms with Gasteiger partial charge in [0.15, 0.2) is 0 Å². The van der Waals surface area contributed by atoms with Crippen molar-refractivity contribution < 1.29 is 9.32 Å². The molecule has 0 bridgehead atoms. The molecule has 0 spiro atoms. The number of rotatable bonds is 6. The van der Waals surface area contributed by atoms with Crippen LogP contribution < -0.4 is 5.32 Å². The topological polar surface area (TPSA) is 68.0 Å². The normalized spacial score (nSPS) is 10.8. The fraction of sp³-hybridized carbons (Fsp3) is 0.0952. The number of nitrogens with one attached hydrogen (secondary N) is 1. The Hall–Kier alpha value is -2.90. The molecule has 0 aliphatic heterocycles. The van der Waals surface area contributed by atoms with Crippen molar-refractivity contribution in [3.8, 4) is 22.2 Å². The molecule has 0 aliphatic carbocycles. The highest BCUT2D eigenvalue weighted by molar-refractivity contribution is 7.98. The SMILES string of the molecule is CSc1ccc(CNC(=O)c2ccc(-c3noc(-c4ccccc4)n3)s2)cc1. The molecule has 28 heavy (non-hydrogen) atoms. The zero-order chi connectivity index (χ0) is 19.3. The van der Waals surface area contributed by atoms with E-state index in [1.807, 2.05) is 54.8 Å². The Morgan fingerprint density at radius 1 is 1.07 bits per heavy atom. The number of thioether (sulfide) groups is 1. The zero-order valence-electron chi connectivity index (χ0n) is 15.1. The van der Waals surface area contributed by atoms with Crippen LogP contribution in [-0.4, -0.2) is 22.3 Å². The number of carbonyl (C=O) groups excluding carboxylic acids is 1. The number of hydrogen-bond acceptors (Lipinski definition) is 6. The van der Waals surface area contributed by atoms with Gasteiger partial charge in [0.2, 0.25) is 5.82 Å². The van der Waals surface area contributed by atoms with Gasteiger partial charge in [-0.1, -0.05) is 35.5 Å². The summed E-state index contributed by atoms with van der Waals surface area (Å²) in [6.45, 7) is 0.487. The van der Waals surface area contributed by atoms with E-state index >= 15 is 0 Å². The van der Waals surface area contributed by atoms with E-state index in [9.17, 15) is 4.79 Å². The smallest absolute Gasteiger partial charge is 0.261 e. The molecular weight excluding hydrogens is 390 g/mol. The number of hydrogen-bond donors (Lipinski definition) is 1. The largest absolute Gasteiger partial charge is 0.347 e. The summed E-state index contributed by atoms with van der Waals surface area (Å²) >= 11 is 3.04. The van der Waals surface area contributed by atoms with Crippen LogP contribution in [0.3, 0.4) is 0 Å². The molecule has 2 heterocycles. The second kappa shape index (κ2) is 8.41. The van der Waals surface area contributed by atoms with Crippen LogP contribution in [0, 0.1) is 0 Å². The molecule has 5 nitrogen and oxygen atoms in total. The third kappa shape index (κ3) is 4.16. The van der Waals surface area contributed by atoms with E-state index in [-0.39, 0.29) is 5.91 Å². The number of amides is 1. The average molecular weight is 408 g/mol. The van der Waals surface area contributed by atoms with E-state index in [1.54, 1.807) is 17.8 Å². The van der Waals surface area contributed by atoms with Crippen molar-refractivity contribution in [1.82, 2.24) is 15.5 Å². The van der Waals surface area contributed by atoms with Gasteiger partial charge in [-0.25, -0.2) is 0 Å². The van der Waals surface area contributed by atoms with Gasteiger partial charge in [0.05, 0.1) is 9.75 Å². The van der Waals surface area contributed by atoms with Gasteiger partial charge in [0.1, 0.15) is 0 Å². The van der Waals surface area contributed by atoms with Crippen molar-refractivity contribution in [2.24, 2.45) is 0 Å². The minimum atomic E-state index is -0.114. The standard InChI is InChI=1S/C21H17N3O2S2/c1-27-16-9-7-14(8-10-16)13-22-20(25)18-12-11-17(28-18)19-23-21(26-24-19)15-5-3-2-4-6-15/h2-12H,13H2,1H3,(H,22,25). The molecule has 4 aromatic rings. The molecule has 140 valence electrons. The van der Waals surface area contributed by atoms with Crippen LogP contribution in [0.1, 0.15) is 15.2 Å². The number of nitrogens with zero attached hydrogens (tertiary/aromatic N) is 2. The summed E-state index contributed by atoms with van der Waals surface area (Å²) in [7, 11) is 0. The van der Waals surface area contributed by atoms with Crippen LogP contribution in [0.25, 0.3) is 22.2 Å². The molecule has 7 heteroatoms. The minimum absolute atomic E-state index is 0.114. The van der Waals surface area contributed by atoms with Crippen LogP contribution in [-0.2, 0) is 6.54 Å². The Bertz CT molecular complexity index is 1070. The highest BCUT2D eigenvalue weighted by Gasteiger charge is 2.15. The van der Waals surface area contributed by atoms with E-state index < -0.39 is 0 Å². The maximum atomic E-state index is 12.4. The van der Waals surface area contributed by atoms with Gasteiger partial charge in [-0.2, -0.15) is 4.98 Å². The first-order valence-corrected chi connectivity index (χ1v) is 10.7. The van der Waals surface area contributed by atoms with Crippen LogP contribution in [0.4, 0.5) is 0 Å². The first-order valence-electron chi connectivity index (χ1n) is 8.63. The number of benzene rings is 2. The molecule has 0 radical (unpaired) electrons. The summed E-state index contributed by atoms with van der Waals surface area (Å²) in [5.41, 5.74) is 1.93. The summed E-state index contributed by atoms with van der Waals surface area (Å²) < 4.78 is 5.34. The maximum absolute atomic E-state index is 12.4. The Balaban J connectivity index is 1.42. The molecular formula is C21H17N3O2S2. The molecule has 0 fully saturated rings. The molecule has 2 aromatic carbocycles. The second-order valence-corrected chi connectivity index (χ2v) is 7.95. The molecule has 2 aromatic heterocycles. The molecule has 1 N–H and O–H groups in total. The van der Waals surface area contributed by atoms with Crippen molar-refractivity contribution in [2.45, 2.75) is 11.4 Å². The van der Waals surface area contributed by atoms with Crippen molar-refractivity contribution in [3.63, 3.8) is 0 Å². The molecule has 4 rings (SSSR count). The number of carbonyl (C=O) groups is 1. The van der Waals surface area contributed by atoms with Gasteiger partial charge in [-0.15, -0.1) is 23.1 Å². The quantitative estimate of drug-likeness (QED) is 0.450. The summed E-state index contributed by atoms with van der Waals surface area (Å²) in [5.74, 6) is 0.830. The third-order valence-electron chi connectivity index (χ3n) is 4.11. The van der Waals surface area contributed by atoms with E-state index in [2.05, 4.69) is 27.6 Å². The highest BCUT2D eigenvalue weighted by atomic mass is 32.2. The first kappa shape index (κ1) is 18.5. The van der Waals surface area contributed by atoms with E-state index in [0.29, 0.717) is 23.1 Å². The van der Waals surface area contributed by atoms with Crippen molar-refractivity contribution in [2.75, 3.05) is 6.26 Å². The Morgan fingerprint density at radius 2 is 1.86 bits per heavy atom. The van der Waals surface area contributed by atoms with E-state index in [1.165, 1.54) is 16.2 Å². The molecule has 0 saturated heterocycles. The number of thiophene rings is 1. The molecule has 0 unspecified atom stereocenters. The Kier molecular flexibility index (Phi) is 5.55. The van der Waals surface area contributed by atoms with Crippen molar-refractivity contribution in [3.05, 3.63) is 77.2 Å². The lowest BCUT2D eigenvalue weighted by Gasteiger charge is -2.04. The van der Waals surface area contributed by atoms with Crippen molar-refractivity contribution >= 4 is 29.0 Å². The average Bonchev–Trinajstić information content (AvgIpc) is 3.43. The molecule has 0 saturated carbocycles. The van der Waals surface area contributed by atoms with Gasteiger partial charge in [0, 0.05) is 17.0 Å². The van der Waals surface area contributed by atoms with Crippen LogP contribution in [0.2, 0.25) is 0 Å². The summed E-state index contributed by atoms with van der Waals surface area (Å²) in [6.07, 6.45) is 2.04. The van der Waals surface area contributed by atoms with Crippen LogP contribution in [0.5, 0.6) is 0 Å². The Labute approximate surface area is 170 Å². The number of aromatic nitrogens is 2. The predicted octanol–water partition coefficient (Wildman–Crippen LogP) is 5.12. The Morgan fingerprint density at radius 3 is 2.61 bits per heavy atom. The fourth-order valence-corrected chi connectivity index (χ4v) is 3.87. The lowest BCUT2D eigenvalue weighted by molar-refractivity contribution is 0.0955. The highest BCUT2D eigenvalue weighted by Crippen LogP contribution is 2.28. The third-order valence-corrected chi connectivity index (χ3v) is 5.93.